The van der Waals surface area contributed by atoms with Gasteiger partial charge in [0.25, 0.3) is 0 Å². The monoisotopic (exact) mass is 304 g/mol. The Morgan fingerprint density at radius 1 is 1.13 bits per heavy atom. The van der Waals surface area contributed by atoms with Gasteiger partial charge in [0.15, 0.2) is 5.82 Å². The minimum atomic E-state index is 0.746. The molecule has 0 aliphatic heterocycles. The van der Waals surface area contributed by atoms with Crippen LogP contribution in [0.4, 0.5) is 11.6 Å². The number of hydrogen-bond acceptors (Lipinski definition) is 4. The molecule has 0 atom stereocenters. The smallest absolute Gasteiger partial charge is 0.153 e. The zero-order valence-electron chi connectivity index (χ0n) is 12.9. The van der Waals surface area contributed by atoms with Crippen LogP contribution in [0.2, 0.25) is 0 Å². The summed E-state index contributed by atoms with van der Waals surface area (Å²) in [6.07, 6.45) is 7.52. The number of aryl methyl sites for hydroxylation is 2. The van der Waals surface area contributed by atoms with E-state index in [1.54, 1.807) is 4.68 Å². The standard InChI is InChI=1S/C17H16N6/c1-11-7-12(10-18-9-11)14-8-16(20-15-4-6-23(2)22-15)21-17-13(14)3-5-19-17/h3-10H,1-2H3,(H2,19,20,21,22). The molecule has 0 saturated heterocycles. The minimum Gasteiger partial charge on any atom is -0.346 e. The third-order valence-corrected chi connectivity index (χ3v) is 3.68. The number of fused-ring (bicyclic) bond motifs is 1. The Hall–Kier alpha value is -3.15. The summed E-state index contributed by atoms with van der Waals surface area (Å²) in [6.45, 7) is 2.04. The molecule has 0 aromatic carbocycles. The number of rotatable bonds is 3. The fraction of sp³-hybridized carbons (Fsp3) is 0.118. The van der Waals surface area contributed by atoms with Crippen molar-refractivity contribution in [3.05, 3.63) is 54.6 Å². The van der Waals surface area contributed by atoms with Crippen LogP contribution in [0.25, 0.3) is 22.2 Å². The summed E-state index contributed by atoms with van der Waals surface area (Å²) < 4.78 is 1.75. The fourth-order valence-electron chi connectivity index (χ4n) is 2.66. The Balaban J connectivity index is 1.84. The number of hydrogen-bond donors (Lipinski definition) is 2. The highest BCUT2D eigenvalue weighted by Crippen LogP contribution is 2.30. The van der Waals surface area contributed by atoms with Crippen LogP contribution in [0.5, 0.6) is 0 Å². The van der Waals surface area contributed by atoms with Crippen molar-refractivity contribution in [2.45, 2.75) is 6.92 Å². The number of H-pyrrole nitrogens is 1. The second kappa shape index (κ2) is 5.24. The van der Waals surface area contributed by atoms with Gasteiger partial charge in [-0.3, -0.25) is 9.67 Å². The normalized spacial score (nSPS) is 11.0. The largest absolute Gasteiger partial charge is 0.346 e. The molecule has 0 spiro atoms. The highest BCUT2D eigenvalue weighted by Gasteiger charge is 2.10. The highest BCUT2D eigenvalue weighted by atomic mass is 15.3. The van der Waals surface area contributed by atoms with E-state index in [0.717, 1.165) is 39.4 Å². The van der Waals surface area contributed by atoms with Crippen LogP contribution in [-0.4, -0.2) is 24.7 Å². The van der Waals surface area contributed by atoms with Gasteiger partial charge in [-0.05, 0) is 36.2 Å². The van der Waals surface area contributed by atoms with Crippen LogP contribution in [0.15, 0.2) is 49.1 Å². The van der Waals surface area contributed by atoms with Gasteiger partial charge >= 0.3 is 0 Å². The molecule has 0 bridgehead atoms. The molecule has 114 valence electrons. The van der Waals surface area contributed by atoms with Gasteiger partial charge in [0, 0.05) is 48.9 Å². The summed E-state index contributed by atoms with van der Waals surface area (Å²) in [5.74, 6) is 1.51. The van der Waals surface area contributed by atoms with Crippen molar-refractivity contribution in [3.8, 4) is 11.1 Å². The lowest BCUT2D eigenvalue weighted by Crippen LogP contribution is -1.97. The molecule has 4 aromatic rings. The van der Waals surface area contributed by atoms with E-state index in [2.05, 4.69) is 31.4 Å². The maximum Gasteiger partial charge on any atom is 0.153 e. The van der Waals surface area contributed by atoms with Crippen molar-refractivity contribution in [3.63, 3.8) is 0 Å². The van der Waals surface area contributed by atoms with Crippen LogP contribution in [0.1, 0.15) is 5.56 Å². The average molecular weight is 304 g/mol. The Labute approximate surface area is 133 Å². The van der Waals surface area contributed by atoms with E-state index in [4.69, 9.17) is 0 Å². The van der Waals surface area contributed by atoms with Gasteiger partial charge in [-0.15, -0.1) is 0 Å². The predicted octanol–water partition coefficient (Wildman–Crippen LogP) is 3.41. The zero-order valence-corrected chi connectivity index (χ0v) is 12.9. The Kier molecular flexibility index (Phi) is 3.08. The van der Waals surface area contributed by atoms with Crippen molar-refractivity contribution < 1.29 is 0 Å². The van der Waals surface area contributed by atoms with Gasteiger partial charge in [0.05, 0.1) is 0 Å². The number of nitrogens with one attached hydrogen (secondary N) is 2. The van der Waals surface area contributed by atoms with Crippen molar-refractivity contribution in [2.24, 2.45) is 7.05 Å². The van der Waals surface area contributed by atoms with Crippen molar-refractivity contribution in [2.75, 3.05) is 5.32 Å². The van der Waals surface area contributed by atoms with E-state index >= 15 is 0 Å². The first-order chi connectivity index (χ1) is 11.2. The molecule has 0 fully saturated rings. The molecular formula is C17H16N6. The molecule has 0 aliphatic rings. The summed E-state index contributed by atoms with van der Waals surface area (Å²) in [4.78, 5) is 12.1. The summed E-state index contributed by atoms with van der Waals surface area (Å²) in [5, 5.41) is 8.65. The lowest BCUT2D eigenvalue weighted by Gasteiger charge is -2.08. The molecule has 4 heterocycles. The van der Waals surface area contributed by atoms with Crippen molar-refractivity contribution in [1.82, 2.24) is 24.7 Å². The molecule has 4 rings (SSSR count). The molecular weight excluding hydrogens is 288 g/mol. The Morgan fingerprint density at radius 2 is 2.04 bits per heavy atom. The fourth-order valence-corrected chi connectivity index (χ4v) is 2.66. The summed E-state index contributed by atoms with van der Waals surface area (Å²) in [6, 6.07) is 8.10. The SMILES string of the molecule is Cc1cncc(-c2cc(Nc3ccn(C)n3)nc3[nH]ccc23)c1. The maximum absolute atomic E-state index is 4.61. The summed E-state index contributed by atoms with van der Waals surface area (Å²) in [7, 11) is 1.89. The second-order valence-electron chi connectivity index (χ2n) is 5.55. The lowest BCUT2D eigenvalue weighted by atomic mass is 10.0. The molecule has 4 aromatic heterocycles. The molecule has 0 saturated carbocycles. The van der Waals surface area contributed by atoms with E-state index in [9.17, 15) is 0 Å². The second-order valence-corrected chi connectivity index (χ2v) is 5.55. The van der Waals surface area contributed by atoms with Crippen LogP contribution < -0.4 is 5.32 Å². The zero-order chi connectivity index (χ0) is 15.8. The molecule has 6 nitrogen and oxygen atoms in total. The van der Waals surface area contributed by atoms with Gasteiger partial charge < -0.3 is 10.3 Å². The van der Waals surface area contributed by atoms with E-state index in [1.807, 2.05) is 57.0 Å². The van der Waals surface area contributed by atoms with E-state index < -0.39 is 0 Å². The molecule has 6 heteroatoms. The van der Waals surface area contributed by atoms with E-state index in [0.29, 0.717) is 0 Å². The van der Waals surface area contributed by atoms with E-state index in [1.165, 1.54) is 0 Å². The van der Waals surface area contributed by atoms with Crippen molar-refractivity contribution >= 4 is 22.7 Å². The molecule has 2 N–H and O–H groups in total. The minimum absolute atomic E-state index is 0.746. The highest BCUT2D eigenvalue weighted by molar-refractivity contribution is 5.94. The van der Waals surface area contributed by atoms with Crippen LogP contribution in [0.3, 0.4) is 0 Å². The van der Waals surface area contributed by atoms with Crippen LogP contribution >= 0.6 is 0 Å². The molecule has 23 heavy (non-hydrogen) atoms. The summed E-state index contributed by atoms with van der Waals surface area (Å²) >= 11 is 0. The van der Waals surface area contributed by atoms with Gasteiger partial charge in [-0.1, -0.05) is 0 Å². The first-order valence-electron chi connectivity index (χ1n) is 7.36. The Morgan fingerprint density at radius 3 is 2.83 bits per heavy atom. The molecule has 0 amide bonds. The number of aromatic amines is 1. The average Bonchev–Trinajstić information content (AvgIpc) is 3.15. The topological polar surface area (TPSA) is 71.4 Å². The molecule has 0 unspecified atom stereocenters. The van der Waals surface area contributed by atoms with Gasteiger partial charge in [0.1, 0.15) is 11.5 Å². The predicted molar refractivity (Wildman–Crippen MR) is 90.6 cm³/mol. The van der Waals surface area contributed by atoms with E-state index in [-0.39, 0.29) is 0 Å². The number of aromatic nitrogens is 5. The third-order valence-electron chi connectivity index (χ3n) is 3.68. The first-order valence-corrected chi connectivity index (χ1v) is 7.36. The van der Waals surface area contributed by atoms with Crippen LogP contribution in [-0.2, 0) is 7.05 Å². The third kappa shape index (κ3) is 2.55. The Bertz CT molecular complexity index is 982. The van der Waals surface area contributed by atoms with Gasteiger partial charge in [-0.2, -0.15) is 5.10 Å². The van der Waals surface area contributed by atoms with Gasteiger partial charge in [0.2, 0.25) is 0 Å². The molecule has 0 radical (unpaired) electrons. The lowest BCUT2D eigenvalue weighted by molar-refractivity contribution is 0.771. The number of anilines is 2. The van der Waals surface area contributed by atoms with Crippen molar-refractivity contribution in [1.29, 1.82) is 0 Å². The maximum atomic E-state index is 4.61. The number of nitrogens with zero attached hydrogens (tertiary/aromatic N) is 4. The van der Waals surface area contributed by atoms with Crippen LogP contribution in [0, 0.1) is 6.92 Å². The quantitative estimate of drug-likeness (QED) is 0.608. The van der Waals surface area contributed by atoms with Gasteiger partial charge in [-0.25, -0.2) is 4.98 Å². The molecule has 0 aliphatic carbocycles. The summed E-state index contributed by atoms with van der Waals surface area (Å²) in [5.41, 5.74) is 4.12. The first kappa shape index (κ1) is 13.5. The number of pyridine rings is 2.